The molecule has 0 radical (unpaired) electrons. The van der Waals surface area contributed by atoms with Gasteiger partial charge >= 0.3 is 12.1 Å². The van der Waals surface area contributed by atoms with Crippen molar-refractivity contribution in [2.45, 2.75) is 44.9 Å². The van der Waals surface area contributed by atoms with Crippen LogP contribution in [-0.4, -0.2) is 29.7 Å². The molecule has 2 heterocycles. The zero-order chi connectivity index (χ0) is 23.5. The Labute approximate surface area is 202 Å². The van der Waals surface area contributed by atoms with Crippen LogP contribution >= 0.6 is 11.3 Å². The van der Waals surface area contributed by atoms with Crippen molar-refractivity contribution in [3.8, 4) is 0 Å². The Balaban J connectivity index is 1.40. The van der Waals surface area contributed by atoms with E-state index < -0.39 is 5.97 Å². The number of fused-ring (bicyclic) bond motifs is 2. The first-order chi connectivity index (χ1) is 16.7. The number of thiazole rings is 1. The summed E-state index contributed by atoms with van der Waals surface area (Å²) < 4.78 is 10.8. The predicted molar refractivity (Wildman–Crippen MR) is 131 cm³/mol. The van der Waals surface area contributed by atoms with E-state index in [1.807, 2.05) is 53.4 Å². The van der Waals surface area contributed by atoms with Crippen LogP contribution in [0.2, 0.25) is 0 Å². The molecule has 8 heteroatoms. The minimum atomic E-state index is -0.415. The van der Waals surface area contributed by atoms with Crippen molar-refractivity contribution in [2.75, 3.05) is 16.8 Å². The Bertz CT molecular complexity index is 1170. The second kappa shape index (κ2) is 9.85. The van der Waals surface area contributed by atoms with Crippen LogP contribution in [0.25, 0.3) is 0 Å². The molecule has 3 atom stereocenters. The fraction of sp³-hybridized carbons (Fsp3) is 0.346. The van der Waals surface area contributed by atoms with E-state index >= 15 is 0 Å². The number of carbonyl (C=O) groups is 2. The van der Waals surface area contributed by atoms with Crippen molar-refractivity contribution >= 4 is 34.2 Å². The first-order valence-electron chi connectivity index (χ1n) is 11.6. The summed E-state index contributed by atoms with van der Waals surface area (Å²) in [5.41, 5.74) is 3.18. The number of hydrogen-bond donors (Lipinski definition) is 1. The highest BCUT2D eigenvalue weighted by atomic mass is 32.1. The van der Waals surface area contributed by atoms with E-state index in [0.717, 1.165) is 36.1 Å². The molecule has 7 nitrogen and oxygen atoms in total. The van der Waals surface area contributed by atoms with Gasteiger partial charge in [0.1, 0.15) is 6.61 Å². The number of esters is 1. The molecule has 1 saturated carbocycles. The van der Waals surface area contributed by atoms with Gasteiger partial charge < -0.3 is 14.8 Å². The van der Waals surface area contributed by atoms with Gasteiger partial charge in [-0.1, -0.05) is 55.0 Å². The molecule has 0 saturated heterocycles. The summed E-state index contributed by atoms with van der Waals surface area (Å²) in [7, 11) is 0. The first kappa shape index (κ1) is 22.4. The monoisotopic (exact) mass is 477 g/mol. The molecule has 34 heavy (non-hydrogen) atoms. The van der Waals surface area contributed by atoms with E-state index in [2.05, 4.69) is 16.4 Å². The Kier molecular flexibility index (Phi) is 6.49. The number of rotatable bonds is 6. The van der Waals surface area contributed by atoms with E-state index in [4.69, 9.17) is 9.47 Å². The predicted octanol–water partition coefficient (Wildman–Crippen LogP) is 5.80. The van der Waals surface area contributed by atoms with Crippen molar-refractivity contribution in [1.82, 2.24) is 4.98 Å². The van der Waals surface area contributed by atoms with Gasteiger partial charge in [-0.2, -0.15) is 0 Å². The third-order valence-electron chi connectivity index (χ3n) is 6.49. The second-order valence-corrected chi connectivity index (χ2v) is 9.37. The van der Waals surface area contributed by atoms with Gasteiger partial charge in [0.2, 0.25) is 0 Å². The average Bonchev–Trinajstić information content (AvgIpc) is 3.53. The molecule has 0 bridgehead atoms. The Morgan fingerprint density at radius 2 is 1.88 bits per heavy atom. The molecule has 3 aromatic rings. The molecule has 1 aliphatic carbocycles. The van der Waals surface area contributed by atoms with Crippen LogP contribution in [0.5, 0.6) is 0 Å². The summed E-state index contributed by atoms with van der Waals surface area (Å²) in [6.45, 7) is 2.33. The van der Waals surface area contributed by atoms with Gasteiger partial charge in [0.15, 0.2) is 10.8 Å². The van der Waals surface area contributed by atoms with Crippen molar-refractivity contribution in [2.24, 2.45) is 5.92 Å². The summed E-state index contributed by atoms with van der Waals surface area (Å²) in [5.74, 6) is -0.198. The number of benzene rings is 2. The maximum absolute atomic E-state index is 13.3. The highest BCUT2D eigenvalue weighted by Crippen LogP contribution is 2.49. The van der Waals surface area contributed by atoms with Gasteiger partial charge in [-0.25, -0.2) is 14.6 Å². The fourth-order valence-electron chi connectivity index (χ4n) is 5.04. The zero-order valence-electron chi connectivity index (χ0n) is 19.0. The van der Waals surface area contributed by atoms with E-state index in [9.17, 15) is 9.59 Å². The van der Waals surface area contributed by atoms with Crippen molar-refractivity contribution in [1.29, 1.82) is 0 Å². The molecule has 3 unspecified atom stereocenters. The summed E-state index contributed by atoms with van der Waals surface area (Å²) in [5, 5.41) is 5.96. The van der Waals surface area contributed by atoms with Crippen molar-refractivity contribution in [3.63, 3.8) is 0 Å². The molecule has 0 spiro atoms. The number of aromatic nitrogens is 1. The van der Waals surface area contributed by atoms with Crippen molar-refractivity contribution in [3.05, 3.63) is 76.8 Å². The molecule has 2 aliphatic rings. The molecular formula is C26H27N3O4S. The molecule has 176 valence electrons. The SMILES string of the molecule is CCOC(=O)c1csc(NC2c3ccccc3N(C(=O)OCc3ccccc3)C3CCCC23)n1. The van der Waals surface area contributed by atoms with Crippen LogP contribution in [0.4, 0.5) is 15.6 Å². The number of para-hydroxylation sites is 1. The molecule has 1 fully saturated rings. The van der Waals surface area contributed by atoms with Gasteiger partial charge in [0.05, 0.1) is 18.3 Å². The first-order valence-corrected chi connectivity index (χ1v) is 12.5. The molecule has 1 aromatic heterocycles. The minimum absolute atomic E-state index is 0.0110. The fourth-order valence-corrected chi connectivity index (χ4v) is 5.76. The smallest absolute Gasteiger partial charge is 0.414 e. The second-order valence-electron chi connectivity index (χ2n) is 8.51. The zero-order valence-corrected chi connectivity index (χ0v) is 19.8. The highest BCUT2D eigenvalue weighted by molar-refractivity contribution is 7.13. The topological polar surface area (TPSA) is 80.8 Å². The van der Waals surface area contributed by atoms with Crippen LogP contribution in [0, 0.1) is 5.92 Å². The van der Waals surface area contributed by atoms with Crippen molar-refractivity contribution < 1.29 is 19.1 Å². The lowest BCUT2D eigenvalue weighted by molar-refractivity contribution is 0.0520. The molecule has 5 rings (SSSR count). The van der Waals surface area contributed by atoms with E-state index in [1.54, 1.807) is 12.3 Å². The van der Waals surface area contributed by atoms with Gasteiger partial charge in [0.25, 0.3) is 0 Å². The van der Waals surface area contributed by atoms with E-state index in [-0.39, 0.29) is 30.7 Å². The summed E-state index contributed by atoms with van der Waals surface area (Å²) >= 11 is 1.39. The van der Waals surface area contributed by atoms with Gasteiger partial charge in [-0.15, -0.1) is 11.3 Å². The van der Waals surface area contributed by atoms with Crippen LogP contribution in [0.1, 0.15) is 53.8 Å². The van der Waals surface area contributed by atoms with E-state index in [0.29, 0.717) is 17.4 Å². The number of amides is 1. The number of ether oxygens (including phenoxy) is 2. The summed E-state index contributed by atoms with van der Waals surface area (Å²) in [6, 6.07) is 17.7. The third kappa shape index (κ3) is 4.37. The molecular weight excluding hydrogens is 450 g/mol. The summed E-state index contributed by atoms with van der Waals surface area (Å²) in [4.78, 5) is 31.7. The normalized spacial score (nSPS) is 20.9. The maximum Gasteiger partial charge on any atom is 0.414 e. The maximum atomic E-state index is 13.3. The Morgan fingerprint density at radius 1 is 1.09 bits per heavy atom. The quantitative estimate of drug-likeness (QED) is 0.452. The third-order valence-corrected chi connectivity index (χ3v) is 7.27. The lowest BCUT2D eigenvalue weighted by atomic mass is 9.83. The van der Waals surface area contributed by atoms with Gasteiger partial charge in [-0.05, 0) is 37.0 Å². The molecule has 1 amide bonds. The van der Waals surface area contributed by atoms with Crippen LogP contribution in [0.3, 0.4) is 0 Å². The number of nitrogens with one attached hydrogen (secondary N) is 1. The largest absolute Gasteiger partial charge is 0.461 e. The highest BCUT2D eigenvalue weighted by Gasteiger charge is 2.46. The average molecular weight is 478 g/mol. The summed E-state index contributed by atoms with van der Waals surface area (Å²) in [6.07, 6.45) is 2.64. The number of carbonyl (C=O) groups excluding carboxylic acids is 2. The number of anilines is 2. The van der Waals surface area contributed by atoms with Crippen LogP contribution in [-0.2, 0) is 16.1 Å². The number of hydrogen-bond acceptors (Lipinski definition) is 7. The van der Waals surface area contributed by atoms with E-state index in [1.165, 1.54) is 11.3 Å². The molecule has 1 N–H and O–H groups in total. The molecule has 1 aliphatic heterocycles. The minimum Gasteiger partial charge on any atom is -0.461 e. The van der Waals surface area contributed by atoms with Gasteiger partial charge in [-0.3, -0.25) is 4.90 Å². The standard InChI is InChI=1S/C26H27N3O4S/c1-2-32-24(30)20-16-34-25(27-20)28-23-18-11-6-7-13-21(18)29(22-14-8-12-19(22)23)26(31)33-15-17-9-4-3-5-10-17/h3-7,9-11,13,16,19,22-23H,2,8,12,14-15H2,1H3,(H,27,28). The Hall–Kier alpha value is -3.39. The number of nitrogens with zero attached hydrogens (tertiary/aromatic N) is 2. The van der Waals surface area contributed by atoms with Gasteiger partial charge in [0, 0.05) is 17.3 Å². The van der Waals surface area contributed by atoms with Crippen LogP contribution in [0.15, 0.2) is 60.0 Å². The lowest BCUT2D eigenvalue weighted by Gasteiger charge is -2.43. The lowest BCUT2D eigenvalue weighted by Crippen LogP contribution is -2.49. The Morgan fingerprint density at radius 3 is 2.71 bits per heavy atom. The van der Waals surface area contributed by atoms with Crippen LogP contribution < -0.4 is 10.2 Å². The molecule has 2 aromatic carbocycles.